The summed E-state index contributed by atoms with van der Waals surface area (Å²) in [5.74, 6) is -3.38. The van der Waals surface area contributed by atoms with Crippen LogP contribution in [0.4, 0.5) is 13.6 Å². The summed E-state index contributed by atoms with van der Waals surface area (Å²) < 4.78 is 36.1. The molecule has 1 aromatic carbocycles. The van der Waals surface area contributed by atoms with Gasteiger partial charge in [-0.1, -0.05) is 12.1 Å². The molecular formula is C22H29F2N3O4. The number of halogens is 2. The predicted molar refractivity (Wildman–Crippen MR) is 110 cm³/mol. The van der Waals surface area contributed by atoms with Crippen molar-refractivity contribution in [1.29, 1.82) is 5.26 Å². The number of hydrogen-bond donors (Lipinski definition) is 1. The molecule has 0 spiro atoms. The number of carbonyl (C=O) groups is 2. The monoisotopic (exact) mass is 437 g/mol. The second-order valence-corrected chi connectivity index (χ2v) is 8.88. The first-order valence-electron chi connectivity index (χ1n) is 10.1. The number of nitriles is 1. The number of ether oxygens (including phenoxy) is 2. The fourth-order valence-electron chi connectivity index (χ4n) is 3.10. The number of nitrogens with one attached hydrogen (secondary N) is 1. The molecule has 31 heavy (non-hydrogen) atoms. The van der Waals surface area contributed by atoms with Gasteiger partial charge >= 0.3 is 6.09 Å². The summed E-state index contributed by atoms with van der Waals surface area (Å²) in [6, 6.07) is 8.59. The molecule has 1 aliphatic heterocycles. The van der Waals surface area contributed by atoms with Crippen molar-refractivity contribution in [1.82, 2.24) is 10.2 Å². The average molecular weight is 437 g/mol. The molecule has 0 aromatic heterocycles. The minimum Gasteiger partial charge on any atom is -0.444 e. The van der Waals surface area contributed by atoms with Gasteiger partial charge in [-0.3, -0.25) is 4.79 Å². The lowest BCUT2D eigenvalue weighted by Crippen LogP contribution is -2.55. The standard InChI is InChI=1S/C22H29F2N3O4/c1-20(2,3)31-19(29)27-10-8-22(14-25,9-11-27)26-18(28)17-7-5-6-16(12-17)13-30-15-21(4,23)24/h5-7,12H,8-11,13,15H2,1-4H3,(H,26,28). The van der Waals surface area contributed by atoms with E-state index < -0.39 is 35.7 Å². The van der Waals surface area contributed by atoms with Crippen LogP contribution < -0.4 is 5.32 Å². The number of rotatable bonds is 6. The number of hydrogen-bond acceptors (Lipinski definition) is 5. The summed E-state index contributed by atoms with van der Waals surface area (Å²) >= 11 is 0. The zero-order valence-corrected chi connectivity index (χ0v) is 18.3. The van der Waals surface area contributed by atoms with E-state index in [9.17, 15) is 23.6 Å². The molecule has 9 heteroatoms. The summed E-state index contributed by atoms with van der Waals surface area (Å²) in [6.45, 7) is 5.90. The second-order valence-electron chi connectivity index (χ2n) is 8.88. The molecule has 2 rings (SSSR count). The van der Waals surface area contributed by atoms with Crippen LogP contribution in [0, 0.1) is 11.3 Å². The minimum absolute atomic E-state index is 0.0568. The van der Waals surface area contributed by atoms with Gasteiger partial charge in [0, 0.05) is 38.4 Å². The Hall–Kier alpha value is -2.73. The summed E-state index contributed by atoms with van der Waals surface area (Å²) in [5.41, 5.74) is -0.848. The zero-order chi connectivity index (χ0) is 23.3. The molecule has 1 N–H and O–H groups in total. The maximum absolute atomic E-state index is 12.9. The Labute approximate surface area is 181 Å². The number of likely N-dealkylation sites (tertiary alicyclic amines) is 1. The molecule has 1 fully saturated rings. The van der Waals surface area contributed by atoms with E-state index in [-0.39, 0.29) is 32.5 Å². The van der Waals surface area contributed by atoms with Crippen LogP contribution in [0.15, 0.2) is 24.3 Å². The molecule has 1 aliphatic rings. The summed E-state index contributed by atoms with van der Waals surface area (Å²) in [4.78, 5) is 26.5. The van der Waals surface area contributed by atoms with Crippen molar-refractivity contribution in [3.8, 4) is 6.07 Å². The largest absolute Gasteiger partial charge is 0.444 e. The number of alkyl halides is 2. The molecule has 0 bridgehead atoms. The Bertz CT molecular complexity index is 832. The van der Waals surface area contributed by atoms with Crippen LogP contribution in [0.2, 0.25) is 0 Å². The van der Waals surface area contributed by atoms with Gasteiger partial charge in [-0.2, -0.15) is 5.26 Å². The van der Waals surface area contributed by atoms with Gasteiger partial charge in [0.15, 0.2) is 0 Å². The quantitative estimate of drug-likeness (QED) is 0.729. The van der Waals surface area contributed by atoms with Gasteiger partial charge < -0.3 is 19.7 Å². The molecule has 0 atom stereocenters. The third-order valence-electron chi connectivity index (χ3n) is 4.65. The zero-order valence-electron chi connectivity index (χ0n) is 18.3. The van der Waals surface area contributed by atoms with Crippen molar-refractivity contribution in [2.45, 2.75) is 64.2 Å². The van der Waals surface area contributed by atoms with Crippen molar-refractivity contribution in [2.75, 3.05) is 19.7 Å². The third kappa shape index (κ3) is 7.79. The lowest BCUT2D eigenvalue weighted by atomic mass is 9.88. The Morgan fingerprint density at radius 1 is 1.23 bits per heavy atom. The van der Waals surface area contributed by atoms with Gasteiger partial charge in [-0.05, 0) is 38.5 Å². The Balaban J connectivity index is 1.97. The van der Waals surface area contributed by atoms with Crippen molar-refractivity contribution in [3.05, 3.63) is 35.4 Å². The van der Waals surface area contributed by atoms with Crippen LogP contribution in [-0.4, -0.2) is 53.7 Å². The first-order valence-corrected chi connectivity index (χ1v) is 10.1. The Morgan fingerprint density at radius 2 is 1.87 bits per heavy atom. The fraction of sp³-hybridized carbons (Fsp3) is 0.591. The van der Waals surface area contributed by atoms with E-state index in [0.29, 0.717) is 11.1 Å². The Morgan fingerprint density at radius 3 is 2.42 bits per heavy atom. The maximum Gasteiger partial charge on any atom is 0.410 e. The van der Waals surface area contributed by atoms with Crippen molar-refractivity contribution in [3.63, 3.8) is 0 Å². The van der Waals surface area contributed by atoms with Crippen molar-refractivity contribution < 1.29 is 27.8 Å². The SMILES string of the molecule is CC(F)(F)COCc1cccc(C(=O)NC2(C#N)CCN(C(=O)OC(C)(C)C)CC2)c1. The van der Waals surface area contributed by atoms with Crippen LogP contribution in [0.25, 0.3) is 0 Å². The summed E-state index contributed by atoms with van der Waals surface area (Å²) in [5, 5.41) is 12.5. The normalized spacial score (nSPS) is 16.4. The second kappa shape index (κ2) is 9.60. The molecule has 0 radical (unpaired) electrons. The van der Waals surface area contributed by atoms with E-state index in [1.165, 1.54) is 4.90 Å². The number of carbonyl (C=O) groups excluding carboxylic acids is 2. The molecule has 0 aliphatic carbocycles. The summed E-state index contributed by atoms with van der Waals surface area (Å²) in [7, 11) is 0. The van der Waals surface area contributed by atoms with Crippen LogP contribution in [0.3, 0.4) is 0 Å². The number of nitrogens with zero attached hydrogens (tertiary/aromatic N) is 2. The van der Waals surface area contributed by atoms with E-state index in [1.807, 2.05) is 0 Å². The van der Waals surface area contributed by atoms with Gasteiger partial charge in [-0.15, -0.1) is 0 Å². The lowest BCUT2D eigenvalue weighted by molar-refractivity contribution is -0.0673. The fourth-order valence-corrected chi connectivity index (χ4v) is 3.10. The maximum atomic E-state index is 12.9. The van der Waals surface area contributed by atoms with Gasteiger partial charge in [-0.25, -0.2) is 13.6 Å². The smallest absolute Gasteiger partial charge is 0.410 e. The average Bonchev–Trinajstić information content (AvgIpc) is 2.66. The van der Waals surface area contributed by atoms with Crippen LogP contribution in [0.5, 0.6) is 0 Å². The molecule has 7 nitrogen and oxygen atoms in total. The molecule has 1 heterocycles. The molecule has 170 valence electrons. The third-order valence-corrected chi connectivity index (χ3v) is 4.65. The molecule has 2 amide bonds. The Kier molecular flexibility index (Phi) is 7.60. The van der Waals surface area contributed by atoms with E-state index in [4.69, 9.17) is 9.47 Å². The first-order chi connectivity index (χ1) is 14.3. The first kappa shape index (κ1) is 24.5. The van der Waals surface area contributed by atoms with Gasteiger partial charge in [0.1, 0.15) is 17.7 Å². The summed E-state index contributed by atoms with van der Waals surface area (Å²) in [6.07, 6.45) is 0.0851. The number of piperidine rings is 1. The highest BCUT2D eigenvalue weighted by Crippen LogP contribution is 2.24. The van der Waals surface area contributed by atoms with Gasteiger partial charge in [0.05, 0.1) is 12.7 Å². The van der Waals surface area contributed by atoms with Gasteiger partial charge in [0.25, 0.3) is 11.8 Å². The topological polar surface area (TPSA) is 91.7 Å². The van der Waals surface area contributed by atoms with Crippen molar-refractivity contribution in [2.24, 2.45) is 0 Å². The van der Waals surface area contributed by atoms with Crippen LogP contribution in [0.1, 0.15) is 56.5 Å². The molecular weight excluding hydrogens is 408 g/mol. The molecule has 1 aromatic rings. The molecule has 0 unspecified atom stereocenters. The van der Waals surface area contributed by atoms with Crippen LogP contribution >= 0.6 is 0 Å². The highest BCUT2D eigenvalue weighted by Gasteiger charge is 2.38. The molecule has 1 saturated heterocycles. The van der Waals surface area contributed by atoms with E-state index in [0.717, 1.165) is 6.92 Å². The minimum atomic E-state index is -2.93. The molecule has 0 saturated carbocycles. The number of amides is 2. The van der Waals surface area contributed by atoms with E-state index in [2.05, 4.69) is 11.4 Å². The van der Waals surface area contributed by atoms with Crippen molar-refractivity contribution >= 4 is 12.0 Å². The lowest BCUT2D eigenvalue weighted by Gasteiger charge is -2.38. The number of benzene rings is 1. The van der Waals surface area contributed by atoms with Crippen LogP contribution in [-0.2, 0) is 16.1 Å². The highest BCUT2D eigenvalue weighted by molar-refractivity contribution is 5.95. The van der Waals surface area contributed by atoms with E-state index >= 15 is 0 Å². The van der Waals surface area contributed by atoms with E-state index in [1.54, 1.807) is 45.0 Å². The van der Waals surface area contributed by atoms with Gasteiger partial charge in [0.2, 0.25) is 0 Å². The highest BCUT2D eigenvalue weighted by atomic mass is 19.3. The predicted octanol–water partition coefficient (Wildman–Crippen LogP) is 3.88.